The first kappa shape index (κ1) is 109. The van der Waals surface area contributed by atoms with Crippen molar-refractivity contribution in [2.24, 2.45) is 5.92 Å². The normalized spacial score (nSPS) is 23.4. The highest BCUT2D eigenvalue weighted by Gasteiger charge is 2.57. The highest BCUT2D eigenvalue weighted by molar-refractivity contribution is 6.32. The standard InChI is InChI=1S/C23H30O5.C22H28ClNO6.C22H27ClO7.C21H29NO4.C20H27NO4/c1-6-16-12-15(4)13-17(26-5)18(16)19-20(27-21(24)14(2)3)23(28-22(19)25)10-8-7-9-11-23;1-5-13-11-14(23)12-16(28-4)17(13)18-19(30-21(26)29-6-2)22(24-20(18)25)9-7-15(27-3)8-10-22;1-5-13-11-14(23)12-16(27-4)17(13)18-19(29-21(25)28-6-2)22(30-20(18)24)9-7-15(26-3)8-10-22;1-5-14-11-13(3)12-16(26-6-2)17(14)18-19(23)21(22-20(18)24)9-7-15(25-4)8-10-21;1-5-13-10-12(2)11-15(25-4)16(13)17-18(22)20(21-19(17)23)8-6-14(24-3)7-9-20/h12-14H,6-11H2,1-5H3;11-12,15H,5-10H2,1-4H3,(H,24,25);11-12,15H,5-10H2,1-4H3;11-12,15,23H,5-10H2,1-4H3,(H,22,24);10-11,14,22H,5-9H2,1-4H3,(H,21,23). The lowest BCUT2D eigenvalue weighted by molar-refractivity contribution is -0.156. The van der Waals surface area contributed by atoms with Gasteiger partial charge in [0.15, 0.2) is 28.5 Å². The van der Waals surface area contributed by atoms with Gasteiger partial charge in [-0.1, -0.05) is 96.3 Å². The number of rotatable bonds is 26. The predicted molar refractivity (Wildman–Crippen MR) is 528 cm³/mol. The molecule has 139 heavy (non-hydrogen) atoms. The third-order valence-corrected chi connectivity index (χ3v) is 28.8. The summed E-state index contributed by atoms with van der Waals surface area (Å²) in [4.78, 5) is 102. The Balaban J connectivity index is 0.000000167. The van der Waals surface area contributed by atoms with Gasteiger partial charge in [-0.05, 0) is 289 Å². The topological polar surface area (TPSA) is 361 Å². The van der Waals surface area contributed by atoms with Crippen LogP contribution in [0.1, 0.15) is 276 Å². The second kappa shape index (κ2) is 47.6. The largest absolute Gasteiger partial charge is 0.513 e. The van der Waals surface area contributed by atoms with Crippen LogP contribution in [0.2, 0.25) is 10.0 Å². The van der Waals surface area contributed by atoms with E-state index in [0.29, 0.717) is 180 Å². The Hall–Kier alpha value is -10.8. The molecule has 5 aromatic rings. The predicted octanol–water partition coefficient (Wildman–Crippen LogP) is 20.6. The molecule has 5 fully saturated rings. The van der Waals surface area contributed by atoms with Crippen molar-refractivity contribution >= 4 is 99.0 Å². The molecule has 31 heteroatoms. The van der Waals surface area contributed by atoms with Crippen LogP contribution in [0.15, 0.2) is 89.5 Å². The first-order chi connectivity index (χ1) is 66.5. The molecule has 15 rings (SSSR count). The van der Waals surface area contributed by atoms with Crippen LogP contribution in [0.5, 0.6) is 28.7 Å². The van der Waals surface area contributed by atoms with Crippen molar-refractivity contribution < 1.29 is 124 Å². The van der Waals surface area contributed by atoms with E-state index < -0.39 is 52.1 Å². The molecule has 29 nitrogen and oxygen atoms in total. The minimum Gasteiger partial charge on any atom is -0.509 e. The Morgan fingerprint density at radius 2 is 0.676 bits per heavy atom. The number of halogens is 2. The van der Waals surface area contributed by atoms with Crippen LogP contribution in [0.4, 0.5) is 9.59 Å². The maximum absolute atomic E-state index is 13.2. The van der Waals surface area contributed by atoms with E-state index in [9.17, 15) is 48.6 Å². The minimum absolute atomic E-state index is 0.0680. The highest BCUT2D eigenvalue weighted by Crippen LogP contribution is 2.55. The average molecular weight is 1970 g/mol. The number of aliphatic hydroxyl groups excluding tert-OH is 2. The van der Waals surface area contributed by atoms with E-state index in [-0.39, 0.29) is 95.8 Å². The van der Waals surface area contributed by atoms with Crippen LogP contribution in [0, 0.1) is 26.7 Å². The smallest absolute Gasteiger partial charge is 0.509 e. The van der Waals surface area contributed by atoms with Gasteiger partial charge in [-0.2, -0.15) is 0 Å². The fourth-order valence-corrected chi connectivity index (χ4v) is 21.5. The monoisotopic (exact) mass is 1970 g/mol. The summed E-state index contributed by atoms with van der Waals surface area (Å²) in [5.41, 5.74) is 8.69. The number of methoxy groups -OCH3 is 8. The number of aliphatic hydroxyl groups is 2. The number of benzene rings is 5. The Bertz CT molecular complexity index is 5280. The number of hydrogen-bond donors (Lipinski definition) is 5. The quantitative estimate of drug-likeness (QED) is 0.0253. The molecule has 5 spiro atoms. The lowest BCUT2D eigenvalue weighted by Gasteiger charge is -2.37. The Morgan fingerprint density at radius 3 is 1.03 bits per heavy atom. The van der Waals surface area contributed by atoms with Crippen molar-refractivity contribution in [3.8, 4) is 28.7 Å². The van der Waals surface area contributed by atoms with Gasteiger partial charge in [-0.3, -0.25) is 19.2 Å². The molecule has 0 atom stereocenters. The average Bonchev–Trinajstić information content (AvgIpc) is 1.61. The fraction of sp³-hybridized carbons (Fsp3) is 0.556. The molecular formula is C108H141Cl2N3O26. The number of amides is 3. The molecule has 5 heterocycles. The third kappa shape index (κ3) is 23.2. The molecule has 5 saturated carbocycles. The lowest BCUT2D eigenvalue weighted by atomic mass is 9.79. The summed E-state index contributed by atoms with van der Waals surface area (Å²) in [6.45, 7) is 25.8. The second-order valence-electron chi connectivity index (χ2n) is 37.2. The summed E-state index contributed by atoms with van der Waals surface area (Å²) in [5, 5.41) is 32.4. The second-order valence-corrected chi connectivity index (χ2v) is 38.0. The molecule has 10 aliphatic rings. The fourth-order valence-electron chi connectivity index (χ4n) is 21.1. The van der Waals surface area contributed by atoms with E-state index in [1.807, 2.05) is 79.7 Å². The van der Waals surface area contributed by atoms with Crippen molar-refractivity contribution in [2.75, 3.05) is 76.7 Å². The maximum Gasteiger partial charge on any atom is 0.513 e. The van der Waals surface area contributed by atoms with Crippen molar-refractivity contribution in [1.29, 1.82) is 0 Å². The van der Waals surface area contributed by atoms with Crippen molar-refractivity contribution in [1.82, 2.24) is 16.0 Å². The van der Waals surface area contributed by atoms with Crippen LogP contribution in [0.3, 0.4) is 0 Å². The molecule has 0 bridgehead atoms. The van der Waals surface area contributed by atoms with Gasteiger partial charge in [-0.15, -0.1) is 0 Å². The molecule has 0 unspecified atom stereocenters. The zero-order valence-corrected chi connectivity index (χ0v) is 86.1. The Morgan fingerprint density at radius 1 is 0.374 bits per heavy atom. The Kier molecular flexibility index (Phi) is 37.2. The van der Waals surface area contributed by atoms with E-state index in [1.165, 1.54) is 14.2 Å². The van der Waals surface area contributed by atoms with Gasteiger partial charge in [0, 0.05) is 66.3 Å². The lowest BCUT2D eigenvalue weighted by Crippen LogP contribution is -2.49. The van der Waals surface area contributed by atoms with Crippen molar-refractivity contribution in [3.63, 3.8) is 0 Å². The van der Waals surface area contributed by atoms with Crippen molar-refractivity contribution in [3.05, 3.63) is 172 Å². The van der Waals surface area contributed by atoms with E-state index in [0.717, 1.165) is 133 Å². The summed E-state index contributed by atoms with van der Waals surface area (Å²) in [7, 11) is 13.0. The Labute approximate surface area is 827 Å². The summed E-state index contributed by atoms with van der Waals surface area (Å²) in [6.07, 6.45) is 17.6. The van der Waals surface area contributed by atoms with E-state index in [2.05, 4.69) is 35.0 Å². The van der Waals surface area contributed by atoms with Gasteiger partial charge in [0.1, 0.15) is 51.4 Å². The molecule has 3 amide bonds. The van der Waals surface area contributed by atoms with Gasteiger partial charge in [0.2, 0.25) is 0 Å². The number of hydrogen-bond acceptors (Lipinski definition) is 26. The van der Waals surface area contributed by atoms with Gasteiger partial charge in [0.25, 0.3) is 17.7 Å². The molecule has 0 radical (unpaired) electrons. The first-order valence-electron chi connectivity index (χ1n) is 48.9. The molecule has 5 aliphatic heterocycles. The number of ether oxygens (including phenoxy) is 16. The highest BCUT2D eigenvalue weighted by atomic mass is 35.5. The van der Waals surface area contributed by atoms with Crippen molar-refractivity contribution in [2.45, 2.75) is 309 Å². The minimum atomic E-state index is -1.04. The molecule has 5 N–H and O–H groups in total. The molecule has 758 valence electrons. The van der Waals surface area contributed by atoms with Gasteiger partial charge >= 0.3 is 30.2 Å². The van der Waals surface area contributed by atoms with Gasteiger partial charge in [0.05, 0.1) is 112 Å². The molecule has 5 aromatic carbocycles. The SMILES string of the molecule is CCOC(=O)OC1=C(c2c(CC)cc(Cl)cc2OC)C(=O)NC12CCC(OC)CC2.CCOC(=O)OC1=C(c2c(CC)cc(Cl)cc2OC)C(=O)OC12CCC(OC)CC2.CCOc1cc(C)cc(CC)c1C1=C(O)C2(CCC(OC)CC2)NC1=O.CCc1cc(C)cc(OC)c1C1=C(O)C2(CCC(OC)CC2)NC1=O.CCc1cc(C)cc(OC)c1C1=C(OC(=O)C(C)C)C2(CCCCC2)OC1=O. The van der Waals surface area contributed by atoms with E-state index in [4.69, 9.17) is 99.0 Å². The number of esters is 3. The number of nitrogens with one attached hydrogen (secondary N) is 3. The van der Waals surface area contributed by atoms with Crippen LogP contribution in [-0.2, 0) is 113 Å². The summed E-state index contributed by atoms with van der Waals surface area (Å²) >= 11 is 12.5. The number of carbonyl (C=O) groups excluding carboxylic acids is 8. The zero-order valence-electron chi connectivity index (χ0n) is 84.6. The zero-order chi connectivity index (χ0) is 101. The summed E-state index contributed by atoms with van der Waals surface area (Å²) in [5.74, 6) is 1.59. The van der Waals surface area contributed by atoms with Gasteiger partial charge in [-0.25, -0.2) is 19.2 Å². The molecule has 0 saturated heterocycles. The van der Waals surface area contributed by atoms with Crippen LogP contribution in [-0.4, -0.2) is 187 Å². The molecule has 0 aromatic heterocycles. The molecular weight excluding hydrogens is 1830 g/mol. The number of carbonyl (C=O) groups is 8. The van der Waals surface area contributed by atoms with Gasteiger partial charge < -0.3 is 102 Å². The first-order valence-corrected chi connectivity index (χ1v) is 49.7. The maximum atomic E-state index is 13.2. The summed E-state index contributed by atoms with van der Waals surface area (Å²) in [6, 6.07) is 18.8. The number of aryl methyl sites for hydroxylation is 8. The van der Waals surface area contributed by atoms with Crippen LogP contribution in [0.25, 0.3) is 27.9 Å². The molecule has 5 aliphatic carbocycles. The van der Waals surface area contributed by atoms with Crippen LogP contribution >= 0.6 is 23.2 Å². The van der Waals surface area contributed by atoms with Crippen LogP contribution < -0.4 is 39.6 Å². The summed E-state index contributed by atoms with van der Waals surface area (Å²) < 4.78 is 88.9. The van der Waals surface area contributed by atoms with E-state index >= 15 is 0 Å². The van der Waals surface area contributed by atoms with E-state index in [1.54, 1.807) is 94.6 Å². The third-order valence-electron chi connectivity index (χ3n) is 28.3.